The van der Waals surface area contributed by atoms with E-state index in [9.17, 15) is 9.90 Å². The highest BCUT2D eigenvalue weighted by Gasteiger charge is 2.27. The molecule has 1 heterocycles. The summed E-state index contributed by atoms with van der Waals surface area (Å²) in [7, 11) is 2.86. The van der Waals surface area contributed by atoms with Gasteiger partial charge in [0.1, 0.15) is 17.0 Å². The fraction of sp³-hybridized carbons (Fsp3) is 0.200. The van der Waals surface area contributed by atoms with Crippen molar-refractivity contribution in [3.05, 3.63) is 46.9 Å². The largest absolute Gasteiger partial charge is 0.505 e. The molecule has 5 nitrogen and oxygen atoms in total. The Kier molecular flexibility index (Phi) is 3.89. The lowest BCUT2D eigenvalue weighted by Crippen LogP contribution is -2.11. The highest BCUT2D eigenvalue weighted by atomic mass is 16.5. The number of nitrogens with zero attached hydrogens (tertiary/aromatic N) is 1. The molecule has 1 aliphatic rings. The molecule has 0 aromatic heterocycles. The van der Waals surface area contributed by atoms with Crippen LogP contribution in [0.15, 0.2) is 46.3 Å². The van der Waals surface area contributed by atoms with Crippen molar-refractivity contribution in [2.24, 2.45) is 4.99 Å². The van der Waals surface area contributed by atoms with Crippen LogP contribution in [0, 0.1) is 0 Å². The smallest absolute Gasteiger partial charge is 0.343 e. The Morgan fingerprint density at radius 3 is 2.45 bits per heavy atom. The standard InChI is InChI=1S/C15H15NO4/c1-9-13(15(18)20-3)14(17)12(16-9)8-10-4-6-11(19-2)7-5-10/h4-8,17H,1-3H3/b12-8-. The summed E-state index contributed by atoms with van der Waals surface area (Å²) < 4.78 is 9.69. The van der Waals surface area contributed by atoms with Crippen LogP contribution in [0.2, 0.25) is 0 Å². The molecule has 1 N–H and O–H groups in total. The third-order valence-corrected chi connectivity index (χ3v) is 2.94. The van der Waals surface area contributed by atoms with Gasteiger partial charge in [0.15, 0.2) is 5.76 Å². The predicted octanol–water partition coefficient (Wildman–Crippen LogP) is 2.50. The van der Waals surface area contributed by atoms with Gasteiger partial charge < -0.3 is 14.6 Å². The van der Waals surface area contributed by atoms with E-state index in [1.54, 1.807) is 32.2 Å². The number of carbonyl (C=O) groups is 1. The molecular weight excluding hydrogens is 258 g/mol. The maximum atomic E-state index is 11.6. The molecule has 20 heavy (non-hydrogen) atoms. The molecule has 0 aliphatic carbocycles. The molecule has 0 radical (unpaired) electrons. The third-order valence-electron chi connectivity index (χ3n) is 2.94. The summed E-state index contributed by atoms with van der Waals surface area (Å²) in [4.78, 5) is 15.7. The van der Waals surface area contributed by atoms with Crippen LogP contribution in [0.5, 0.6) is 5.75 Å². The SMILES string of the molecule is COC(=O)C1=C(O)/C(=C/c2ccc(OC)cc2)N=C1C. The average molecular weight is 273 g/mol. The molecule has 0 atom stereocenters. The fourth-order valence-corrected chi connectivity index (χ4v) is 1.89. The Morgan fingerprint density at radius 1 is 1.25 bits per heavy atom. The number of rotatable bonds is 3. The molecule has 1 aromatic rings. The van der Waals surface area contributed by atoms with Gasteiger partial charge >= 0.3 is 5.97 Å². The predicted molar refractivity (Wildman–Crippen MR) is 75.8 cm³/mol. The first-order chi connectivity index (χ1) is 9.56. The van der Waals surface area contributed by atoms with Crippen LogP contribution in [-0.4, -0.2) is 31.0 Å². The zero-order valence-electron chi connectivity index (χ0n) is 11.5. The van der Waals surface area contributed by atoms with Gasteiger partial charge in [0.2, 0.25) is 0 Å². The molecule has 0 amide bonds. The first kappa shape index (κ1) is 13.9. The summed E-state index contributed by atoms with van der Waals surface area (Å²) in [5, 5.41) is 10.1. The number of aliphatic imine (C=N–C) groups is 1. The Morgan fingerprint density at radius 2 is 1.90 bits per heavy atom. The maximum absolute atomic E-state index is 11.6. The van der Waals surface area contributed by atoms with E-state index in [4.69, 9.17) is 4.74 Å². The minimum absolute atomic E-state index is 0.104. The van der Waals surface area contributed by atoms with Crippen molar-refractivity contribution in [1.82, 2.24) is 0 Å². The van der Waals surface area contributed by atoms with E-state index in [-0.39, 0.29) is 11.3 Å². The van der Waals surface area contributed by atoms with Gasteiger partial charge in [-0.05, 0) is 30.7 Å². The lowest BCUT2D eigenvalue weighted by atomic mass is 10.1. The third kappa shape index (κ3) is 2.56. The van der Waals surface area contributed by atoms with Gasteiger partial charge in [-0.3, -0.25) is 0 Å². The van der Waals surface area contributed by atoms with Gasteiger partial charge in [0.05, 0.1) is 19.9 Å². The number of aliphatic hydroxyl groups is 1. The van der Waals surface area contributed by atoms with E-state index in [1.807, 2.05) is 12.1 Å². The van der Waals surface area contributed by atoms with Crippen LogP contribution in [0.4, 0.5) is 0 Å². The van der Waals surface area contributed by atoms with Crippen LogP contribution in [0.25, 0.3) is 6.08 Å². The van der Waals surface area contributed by atoms with Crippen LogP contribution < -0.4 is 4.74 Å². The van der Waals surface area contributed by atoms with Crippen LogP contribution in [0.3, 0.4) is 0 Å². The number of methoxy groups -OCH3 is 2. The highest BCUT2D eigenvalue weighted by molar-refractivity contribution is 6.21. The Hall–Kier alpha value is -2.56. The zero-order chi connectivity index (χ0) is 14.7. The van der Waals surface area contributed by atoms with Crippen molar-refractivity contribution in [2.45, 2.75) is 6.92 Å². The van der Waals surface area contributed by atoms with E-state index in [2.05, 4.69) is 9.73 Å². The zero-order valence-corrected chi connectivity index (χ0v) is 11.5. The number of hydrogen-bond acceptors (Lipinski definition) is 5. The van der Waals surface area contributed by atoms with Gasteiger partial charge in [0.25, 0.3) is 0 Å². The number of benzene rings is 1. The molecule has 5 heteroatoms. The fourth-order valence-electron chi connectivity index (χ4n) is 1.89. The summed E-state index contributed by atoms with van der Waals surface area (Å²) in [5.74, 6) is -0.0136. The van der Waals surface area contributed by atoms with Gasteiger partial charge in [-0.1, -0.05) is 12.1 Å². The molecule has 2 rings (SSSR count). The summed E-state index contributed by atoms with van der Waals surface area (Å²) in [5.41, 5.74) is 1.73. The van der Waals surface area contributed by atoms with Gasteiger partial charge in [0, 0.05) is 0 Å². The highest BCUT2D eigenvalue weighted by Crippen LogP contribution is 2.26. The second-order valence-electron chi connectivity index (χ2n) is 4.22. The van der Waals surface area contributed by atoms with Crippen molar-refractivity contribution in [3.8, 4) is 5.75 Å². The molecule has 104 valence electrons. The second kappa shape index (κ2) is 5.61. The molecular formula is C15H15NO4. The van der Waals surface area contributed by atoms with Crippen LogP contribution >= 0.6 is 0 Å². The number of ether oxygens (including phenoxy) is 2. The Labute approximate surface area is 116 Å². The molecule has 1 aliphatic heterocycles. The molecule has 1 aromatic carbocycles. The van der Waals surface area contributed by atoms with Crippen molar-refractivity contribution in [3.63, 3.8) is 0 Å². The van der Waals surface area contributed by atoms with E-state index in [0.29, 0.717) is 11.4 Å². The molecule has 0 saturated heterocycles. The lowest BCUT2D eigenvalue weighted by molar-refractivity contribution is -0.135. The van der Waals surface area contributed by atoms with Crippen molar-refractivity contribution in [2.75, 3.05) is 14.2 Å². The Bertz CT molecular complexity index is 624. The minimum atomic E-state index is -0.595. The average Bonchev–Trinajstić information content (AvgIpc) is 2.73. The van der Waals surface area contributed by atoms with E-state index < -0.39 is 5.97 Å². The number of hydrogen-bond donors (Lipinski definition) is 1. The summed E-state index contributed by atoms with van der Waals surface area (Å²) >= 11 is 0. The quantitative estimate of drug-likeness (QED) is 0.859. The van der Waals surface area contributed by atoms with E-state index >= 15 is 0 Å². The topological polar surface area (TPSA) is 68.1 Å². The van der Waals surface area contributed by atoms with Crippen molar-refractivity contribution in [1.29, 1.82) is 0 Å². The van der Waals surface area contributed by atoms with Gasteiger partial charge in [-0.2, -0.15) is 0 Å². The number of esters is 1. The summed E-state index contributed by atoms with van der Waals surface area (Å²) in [6.45, 7) is 1.65. The molecule has 0 fully saturated rings. The molecule has 0 spiro atoms. The lowest BCUT2D eigenvalue weighted by Gasteiger charge is -2.01. The normalized spacial score (nSPS) is 16.4. The first-order valence-corrected chi connectivity index (χ1v) is 6.00. The van der Waals surface area contributed by atoms with Gasteiger partial charge in [-0.15, -0.1) is 0 Å². The van der Waals surface area contributed by atoms with E-state index in [1.165, 1.54) is 7.11 Å². The molecule has 0 saturated carbocycles. The first-order valence-electron chi connectivity index (χ1n) is 6.00. The van der Waals surface area contributed by atoms with Crippen molar-refractivity contribution < 1.29 is 19.4 Å². The maximum Gasteiger partial charge on any atom is 0.343 e. The number of carbonyl (C=O) groups excluding carboxylic acids is 1. The molecule has 0 unspecified atom stereocenters. The Balaban J connectivity index is 2.36. The van der Waals surface area contributed by atoms with E-state index in [0.717, 1.165) is 11.3 Å². The molecule has 0 bridgehead atoms. The summed E-state index contributed by atoms with van der Waals surface area (Å²) in [6, 6.07) is 7.28. The van der Waals surface area contributed by atoms with Gasteiger partial charge in [-0.25, -0.2) is 9.79 Å². The minimum Gasteiger partial charge on any atom is -0.505 e. The van der Waals surface area contributed by atoms with Crippen LogP contribution in [0.1, 0.15) is 12.5 Å². The monoisotopic (exact) mass is 273 g/mol. The van der Waals surface area contributed by atoms with Crippen LogP contribution in [-0.2, 0) is 9.53 Å². The second-order valence-corrected chi connectivity index (χ2v) is 4.22. The van der Waals surface area contributed by atoms with Crippen molar-refractivity contribution >= 4 is 17.8 Å². The number of aliphatic hydroxyl groups excluding tert-OH is 1. The summed E-state index contributed by atoms with van der Waals surface area (Å²) in [6.07, 6.45) is 1.69.